The highest BCUT2D eigenvalue weighted by atomic mass is 35.5. The van der Waals surface area contributed by atoms with Crippen LogP contribution in [0.4, 0.5) is 0 Å². The van der Waals surface area contributed by atoms with Crippen LogP contribution in [0.15, 0.2) is 35.3 Å². The lowest BCUT2D eigenvalue weighted by Crippen LogP contribution is -2.33. The number of ether oxygens (including phenoxy) is 1. The lowest BCUT2D eigenvalue weighted by Gasteiger charge is -2.17. The summed E-state index contributed by atoms with van der Waals surface area (Å²) in [7, 11) is 0. The molecule has 3 aromatic rings. The summed E-state index contributed by atoms with van der Waals surface area (Å²) < 4.78 is 12.6. The monoisotopic (exact) mass is 351 g/mol. The third-order valence-corrected chi connectivity index (χ3v) is 4.43. The Bertz CT molecular complexity index is 866. The molecule has 0 spiro atoms. The van der Waals surface area contributed by atoms with Crippen molar-refractivity contribution in [3.8, 4) is 11.3 Å². The van der Waals surface area contributed by atoms with Gasteiger partial charge in [0.05, 0.1) is 18.3 Å². The van der Waals surface area contributed by atoms with Crippen molar-refractivity contribution in [2.24, 2.45) is 0 Å². The zero-order chi connectivity index (χ0) is 16.8. The minimum absolute atomic E-state index is 0.233. The Balaban J connectivity index is 1.90. The predicted molar refractivity (Wildman–Crippen MR) is 83.2 cm³/mol. The second-order valence-corrected chi connectivity index (χ2v) is 5.88. The first-order valence-electron chi connectivity index (χ1n) is 7.29. The van der Waals surface area contributed by atoms with Gasteiger partial charge in [-0.25, -0.2) is 9.97 Å². The minimum atomic E-state index is -1.23. The second-order valence-electron chi connectivity index (χ2n) is 5.52. The van der Waals surface area contributed by atoms with Crippen LogP contribution in [0.3, 0.4) is 0 Å². The first-order chi connectivity index (χ1) is 11.6. The minimum Gasteiger partial charge on any atom is -0.464 e. The quantitative estimate of drug-likeness (QED) is 0.602. The number of furan rings is 1. The third-order valence-electron chi connectivity index (χ3n) is 4.14. The summed E-state index contributed by atoms with van der Waals surface area (Å²) in [5.74, 6) is 0.558. The fourth-order valence-electron chi connectivity index (χ4n) is 2.97. The van der Waals surface area contributed by atoms with E-state index in [4.69, 9.17) is 20.8 Å². The van der Waals surface area contributed by atoms with Gasteiger partial charge in [-0.3, -0.25) is 0 Å². The fourth-order valence-corrected chi connectivity index (χ4v) is 3.20. The molecule has 3 N–H and O–H groups in total. The molecule has 0 aliphatic carbocycles. The van der Waals surface area contributed by atoms with Gasteiger partial charge >= 0.3 is 0 Å². The highest BCUT2D eigenvalue weighted by Gasteiger charge is 2.44. The molecule has 3 aromatic heterocycles. The Morgan fingerprint density at radius 1 is 1.25 bits per heavy atom. The van der Waals surface area contributed by atoms with Crippen LogP contribution in [-0.2, 0) is 4.74 Å². The third kappa shape index (κ3) is 2.23. The van der Waals surface area contributed by atoms with Crippen LogP contribution < -0.4 is 0 Å². The van der Waals surface area contributed by atoms with Crippen molar-refractivity contribution in [2.75, 3.05) is 6.61 Å². The predicted octanol–water partition coefficient (Wildman–Crippen LogP) is 0.956. The Kier molecular flexibility index (Phi) is 3.78. The molecule has 0 bridgehead atoms. The molecule has 0 saturated carbocycles. The first-order valence-corrected chi connectivity index (χ1v) is 7.67. The van der Waals surface area contributed by atoms with E-state index in [1.165, 1.54) is 12.6 Å². The Morgan fingerprint density at radius 2 is 2.08 bits per heavy atom. The topological polar surface area (TPSA) is 114 Å². The van der Waals surface area contributed by atoms with Crippen molar-refractivity contribution in [3.63, 3.8) is 0 Å². The van der Waals surface area contributed by atoms with Crippen LogP contribution >= 0.6 is 11.6 Å². The number of rotatable bonds is 3. The van der Waals surface area contributed by atoms with Gasteiger partial charge in [0.15, 0.2) is 6.23 Å². The van der Waals surface area contributed by atoms with Gasteiger partial charge in [0, 0.05) is 11.8 Å². The Labute approximate surface area is 140 Å². The zero-order valence-electron chi connectivity index (χ0n) is 12.3. The zero-order valence-corrected chi connectivity index (χ0v) is 13.0. The van der Waals surface area contributed by atoms with Crippen LogP contribution in [0.25, 0.3) is 22.4 Å². The van der Waals surface area contributed by atoms with E-state index < -0.39 is 31.1 Å². The SMILES string of the molecule is OCC1OC(n2cc(-c3ccco3)c3c(Cl)ncnc32)C(O)C1O. The number of aliphatic hydroxyl groups excluding tert-OH is 3. The first kappa shape index (κ1) is 15.6. The van der Waals surface area contributed by atoms with Crippen LogP contribution in [0.2, 0.25) is 5.15 Å². The van der Waals surface area contributed by atoms with Gasteiger partial charge in [-0.2, -0.15) is 0 Å². The van der Waals surface area contributed by atoms with Gasteiger partial charge in [-0.1, -0.05) is 11.6 Å². The van der Waals surface area contributed by atoms with Crippen molar-refractivity contribution >= 4 is 22.6 Å². The maximum atomic E-state index is 10.3. The molecule has 1 saturated heterocycles. The molecule has 1 fully saturated rings. The van der Waals surface area contributed by atoms with Crippen molar-refractivity contribution in [2.45, 2.75) is 24.5 Å². The normalized spacial score (nSPS) is 27.2. The van der Waals surface area contributed by atoms with Crippen molar-refractivity contribution in [1.82, 2.24) is 14.5 Å². The van der Waals surface area contributed by atoms with Crippen LogP contribution in [0.5, 0.6) is 0 Å². The van der Waals surface area contributed by atoms with Gasteiger partial charge in [0.2, 0.25) is 0 Å². The second kappa shape index (κ2) is 5.83. The number of fused-ring (bicyclic) bond motifs is 1. The summed E-state index contributed by atoms with van der Waals surface area (Å²) in [5.41, 5.74) is 1.06. The van der Waals surface area contributed by atoms with E-state index in [2.05, 4.69) is 9.97 Å². The van der Waals surface area contributed by atoms with E-state index in [1.54, 1.807) is 22.9 Å². The summed E-state index contributed by atoms with van der Waals surface area (Å²) in [4.78, 5) is 8.21. The van der Waals surface area contributed by atoms with E-state index >= 15 is 0 Å². The maximum Gasteiger partial charge on any atom is 0.164 e. The molecule has 1 aliphatic heterocycles. The fraction of sp³-hybridized carbons (Fsp3) is 0.333. The lowest BCUT2D eigenvalue weighted by molar-refractivity contribution is -0.0508. The number of hydrogen-bond acceptors (Lipinski definition) is 7. The maximum absolute atomic E-state index is 10.3. The molecule has 126 valence electrons. The summed E-state index contributed by atoms with van der Waals surface area (Å²) >= 11 is 6.22. The van der Waals surface area contributed by atoms with E-state index in [-0.39, 0.29) is 5.15 Å². The van der Waals surface area contributed by atoms with E-state index in [0.29, 0.717) is 22.4 Å². The van der Waals surface area contributed by atoms with Crippen molar-refractivity contribution in [1.29, 1.82) is 0 Å². The molecule has 1 aliphatic rings. The highest BCUT2D eigenvalue weighted by Crippen LogP contribution is 2.38. The molecule has 9 heteroatoms. The van der Waals surface area contributed by atoms with E-state index in [0.717, 1.165) is 0 Å². The van der Waals surface area contributed by atoms with E-state index in [1.807, 2.05) is 0 Å². The number of nitrogens with zero attached hydrogens (tertiary/aromatic N) is 3. The molecular formula is C15H14ClN3O5. The lowest BCUT2D eigenvalue weighted by atomic mass is 10.1. The molecule has 4 atom stereocenters. The van der Waals surface area contributed by atoms with Crippen LogP contribution in [-0.4, -0.2) is 54.8 Å². The summed E-state index contributed by atoms with van der Waals surface area (Å²) in [6.45, 7) is -0.408. The Hall–Kier alpha value is -1.97. The summed E-state index contributed by atoms with van der Waals surface area (Å²) in [6.07, 6.45) is 0.264. The Morgan fingerprint density at radius 3 is 2.75 bits per heavy atom. The van der Waals surface area contributed by atoms with Gasteiger partial charge in [-0.05, 0) is 12.1 Å². The van der Waals surface area contributed by atoms with Crippen LogP contribution in [0, 0.1) is 0 Å². The van der Waals surface area contributed by atoms with Gasteiger partial charge < -0.3 is 29.0 Å². The summed E-state index contributed by atoms with van der Waals surface area (Å²) in [6, 6.07) is 3.50. The largest absolute Gasteiger partial charge is 0.464 e. The molecule has 0 aromatic carbocycles. The average molecular weight is 352 g/mol. The number of hydrogen-bond donors (Lipinski definition) is 3. The van der Waals surface area contributed by atoms with Gasteiger partial charge in [0.1, 0.15) is 41.2 Å². The molecular weight excluding hydrogens is 338 g/mol. The average Bonchev–Trinajstić information content (AvgIpc) is 3.28. The smallest absolute Gasteiger partial charge is 0.164 e. The molecule has 4 rings (SSSR count). The highest BCUT2D eigenvalue weighted by molar-refractivity contribution is 6.35. The van der Waals surface area contributed by atoms with Crippen molar-refractivity contribution < 1.29 is 24.5 Å². The number of halogens is 1. The molecule has 24 heavy (non-hydrogen) atoms. The molecule has 4 heterocycles. The number of aliphatic hydroxyl groups is 3. The van der Waals surface area contributed by atoms with Crippen molar-refractivity contribution in [3.05, 3.63) is 36.1 Å². The van der Waals surface area contributed by atoms with Gasteiger partial charge in [0.25, 0.3) is 0 Å². The molecule has 0 amide bonds. The van der Waals surface area contributed by atoms with E-state index in [9.17, 15) is 15.3 Å². The van der Waals surface area contributed by atoms with Crippen LogP contribution in [0.1, 0.15) is 6.23 Å². The number of aromatic nitrogens is 3. The molecule has 0 radical (unpaired) electrons. The summed E-state index contributed by atoms with van der Waals surface area (Å²) in [5, 5.41) is 30.3. The van der Waals surface area contributed by atoms with Gasteiger partial charge in [-0.15, -0.1) is 0 Å². The molecule has 8 nitrogen and oxygen atoms in total. The standard InChI is InChI=1S/C15H14ClN3O5/c16-13-10-7(8-2-1-3-23-8)4-19(14(10)18-6-17-13)15-12(22)11(21)9(5-20)24-15/h1-4,6,9,11-12,15,20-22H,5H2. The molecule has 4 unspecified atom stereocenters.